The summed E-state index contributed by atoms with van der Waals surface area (Å²) < 4.78 is 65.6. The molecule has 1 saturated heterocycles. The SMILES string of the molecule is C/C(=C\C(=O)O[C@H]1CCS(=O)(=O)C1)c1cccc(C(F)(F)F)c1. The number of esters is 1. The molecule has 0 unspecified atom stereocenters. The van der Waals surface area contributed by atoms with Crippen molar-refractivity contribution in [3.63, 3.8) is 0 Å². The number of benzene rings is 1. The highest BCUT2D eigenvalue weighted by molar-refractivity contribution is 7.91. The Hall–Kier alpha value is -1.83. The lowest BCUT2D eigenvalue weighted by Gasteiger charge is -2.10. The molecule has 0 saturated carbocycles. The van der Waals surface area contributed by atoms with Gasteiger partial charge in [-0.2, -0.15) is 13.2 Å². The van der Waals surface area contributed by atoms with E-state index in [2.05, 4.69) is 0 Å². The first-order valence-corrected chi connectivity index (χ1v) is 8.66. The maximum absolute atomic E-state index is 12.7. The molecule has 0 bridgehead atoms. The normalized spacial score (nSPS) is 21.2. The van der Waals surface area contributed by atoms with Crippen molar-refractivity contribution in [2.75, 3.05) is 11.5 Å². The number of hydrogen-bond acceptors (Lipinski definition) is 4. The third-order valence-corrected chi connectivity index (χ3v) is 5.19. The second-order valence-corrected chi connectivity index (χ2v) is 7.60. The van der Waals surface area contributed by atoms with Crippen molar-refractivity contribution in [1.82, 2.24) is 0 Å². The van der Waals surface area contributed by atoms with E-state index in [4.69, 9.17) is 4.74 Å². The van der Waals surface area contributed by atoms with Gasteiger partial charge in [0.15, 0.2) is 9.84 Å². The predicted octanol–water partition coefficient (Wildman–Crippen LogP) is 2.84. The largest absolute Gasteiger partial charge is 0.458 e. The summed E-state index contributed by atoms with van der Waals surface area (Å²) in [5.41, 5.74) is -0.254. The van der Waals surface area contributed by atoms with Gasteiger partial charge in [-0.15, -0.1) is 0 Å². The number of carbonyl (C=O) groups excluding carboxylic acids is 1. The number of alkyl halides is 3. The number of hydrogen-bond donors (Lipinski definition) is 0. The fraction of sp³-hybridized carbons (Fsp3) is 0.400. The van der Waals surface area contributed by atoms with Crippen molar-refractivity contribution in [1.29, 1.82) is 0 Å². The van der Waals surface area contributed by atoms with Gasteiger partial charge in [0.25, 0.3) is 0 Å². The van der Waals surface area contributed by atoms with E-state index in [9.17, 15) is 26.4 Å². The van der Waals surface area contributed by atoms with Crippen LogP contribution in [0.1, 0.15) is 24.5 Å². The molecule has 1 heterocycles. The number of rotatable bonds is 3. The van der Waals surface area contributed by atoms with E-state index in [-0.39, 0.29) is 23.5 Å². The van der Waals surface area contributed by atoms with Gasteiger partial charge in [0.2, 0.25) is 0 Å². The van der Waals surface area contributed by atoms with Crippen LogP contribution in [-0.4, -0.2) is 32.0 Å². The van der Waals surface area contributed by atoms with Crippen LogP contribution >= 0.6 is 0 Å². The highest BCUT2D eigenvalue weighted by atomic mass is 32.2. The molecule has 126 valence electrons. The molecule has 0 N–H and O–H groups in total. The smallest absolute Gasteiger partial charge is 0.416 e. The van der Waals surface area contributed by atoms with Crippen molar-refractivity contribution in [2.45, 2.75) is 25.6 Å². The topological polar surface area (TPSA) is 60.4 Å². The van der Waals surface area contributed by atoms with E-state index < -0.39 is 33.7 Å². The Labute approximate surface area is 131 Å². The van der Waals surface area contributed by atoms with E-state index >= 15 is 0 Å². The zero-order valence-electron chi connectivity index (χ0n) is 12.3. The van der Waals surface area contributed by atoms with Crippen LogP contribution in [-0.2, 0) is 25.5 Å². The second-order valence-electron chi connectivity index (χ2n) is 5.37. The number of allylic oxidation sites excluding steroid dienone is 1. The molecule has 4 nitrogen and oxygen atoms in total. The molecule has 8 heteroatoms. The Bertz CT molecular complexity index is 735. The molecule has 0 aliphatic carbocycles. The standard InChI is InChI=1S/C15H15F3O4S/c1-10(11-3-2-4-12(8-11)15(16,17)18)7-14(19)22-13-5-6-23(20,21)9-13/h2-4,7-8,13H,5-6,9H2,1H3/b10-7+/t13-/m0/s1. The number of halogens is 3. The Morgan fingerprint density at radius 2 is 2.04 bits per heavy atom. The van der Waals surface area contributed by atoms with Gasteiger partial charge in [-0.25, -0.2) is 13.2 Å². The summed E-state index contributed by atoms with van der Waals surface area (Å²) >= 11 is 0. The lowest BCUT2D eigenvalue weighted by atomic mass is 10.0. The molecule has 0 amide bonds. The van der Waals surface area contributed by atoms with Gasteiger partial charge < -0.3 is 4.74 Å². The Morgan fingerprint density at radius 1 is 1.35 bits per heavy atom. The quantitative estimate of drug-likeness (QED) is 0.623. The monoisotopic (exact) mass is 348 g/mol. The minimum Gasteiger partial charge on any atom is -0.458 e. The van der Waals surface area contributed by atoms with Gasteiger partial charge in [-0.05, 0) is 36.6 Å². The van der Waals surface area contributed by atoms with E-state index in [1.165, 1.54) is 19.1 Å². The van der Waals surface area contributed by atoms with Crippen molar-refractivity contribution < 1.29 is 31.1 Å². The number of carbonyl (C=O) groups is 1. The molecule has 2 rings (SSSR count). The third kappa shape index (κ3) is 4.82. The average molecular weight is 348 g/mol. The number of sulfone groups is 1. The summed E-state index contributed by atoms with van der Waals surface area (Å²) in [5, 5.41) is 0. The molecule has 1 atom stereocenters. The highest BCUT2D eigenvalue weighted by Gasteiger charge is 2.31. The zero-order valence-corrected chi connectivity index (χ0v) is 13.1. The van der Waals surface area contributed by atoms with Crippen LogP contribution < -0.4 is 0 Å². The lowest BCUT2D eigenvalue weighted by molar-refractivity contribution is -0.141. The maximum atomic E-state index is 12.7. The number of ether oxygens (including phenoxy) is 1. The summed E-state index contributed by atoms with van der Waals surface area (Å²) in [6.45, 7) is 1.49. The molecule has 0 radical (unpaired) electrons. The van der Waals surface area contributed by atoms with Gasteiger partial charge in [0.1, 0.15) is 6.10 Å². The Balaban J connectivity index is 2.09. The zero-order chi connectivity index (χ0) is 17.3. The molecule has 1 aliphatic heterocycles. The average Bonchev–Trinajstić information content (AvgIpc) is 2.76. The molecular formula is C15H15F3O4S. The summed E-state index contributed by atoms with van der Waals surface area (Å²) in [5.74, 6) is -1.00. The third-order valence-electron chi connectivity index (χ3n) is 3.45. The van der Waals surface area contributed by atoms with Crippen LogP contribution in [0.25, 0.3) is 5.57 Å². The summed E-state index contributed by atoms with van der Waals surface area (Å²) in [6.07, 6.45) is -3.85. The van der Waals surface area contributed by atoms with E-state index in [0.29, 0.717) is 5.57 Å². The van der Waals surface area contributed by atoms with Crippen molar-refractivity contribution >= 4 is 21.4 Å². The predicted molar refractivity (Wildman–Crippen MR) is 78.2 cm³/mol. The first-order chi connectivity index (χ1) is 10.6. The molecular weight excluding hydrogens is 333 g/mol. The molecule has 1 aromatic carbocycles. The van der Waals surface area contributed by atoms with Crippen molar-refractivity contribution in [2.24, 2.45) is 0 Å². The van der Waals surface area contributed by atoms with E-state index in [1.54, 1.807) is 0 Å². The fourth-order valence-electron chi connectivity index (χ4n) is 2.25. The summed E-state index contributed by atoms with van der Waals surface area (Å²) in [4.78, 5) is 11.8. The second kappa shape index (κ2) is 6.35. The van der Waals surface area contributed by atoms with Crippen LogP contribution in [0.3, 0.4) is 0 Å². The fourth-order valence-corrected chi connectivity index (χ4v) is 3.84. The van der Waals surface area contributed by atoms with Crippen molar-refractivity contribution in [3.8, 4) is 0 Å². The molecule has 1 aromatic rings. The van der Waals surface area contributed by atoms with Crippen LogP contribution in [0, 0.1) is 0 Å². The molecule has 0 aromatic heterocycles. The van der Waals surface area contributed by atoms with Crippen LogP contribution in [0.5, 0.6) is 0 Å². The van der Waals surface area contributed by atoms with Crippen LogP contribution in [0.2, 0.25) is 0 Å². The molecule has 1 aliphatic rings. The minimum absolute atomic E-state index is 0.0265. The minimum atomic E-state index is -4.46. The van der Waals surface area contributed by atoms with Gasteiger partial charge in [-0.1, -0.05) is 12.1 Å². The van der Waals surface area contributed by atoms with Gasteiger partial charge >= 0.3 is 12.1 Å². The summed E-state index contributed by atoms with van der Waals surface area (Å²) in [6, 6.07) is 4.59. The first kappa shape index (κ1) is 17.5. The van der Waals surface area contributed by atoms with Gasteiger partial charge in [0, 0.05) is 6.08 Å². The molecule has 23 heavy (non-hydrogen) atoms. The summed E-state index contributed by atoms with van der Waals surface area (Å²) in [7, 11) is -3.17. The Kier molecular flexibility index (Phi) is 4.84. The maximum Gasteiger partial charge on any atom is 0.416 e. The lowest BCUT2D eigenvalue weighted by Crippen LogP contribution is -2.18. The highest BCUT2D eigenvalue weighted by Crippen LogP contribution is 2.31. The van der Waals surface area contributed by atoms with Crippen LogP contribution in [0.4, 0.5) is 13.2 Å². The molecule has 1 fully saturated rings. The van der Waals surface area contributed by atoms with Crippen molar-refractivity contribution in [3.05, 3.63) is 41.5 Å². The molecule has 0 spiro atoms. The Morgan fingerprint density at radius 3 is 2.61 bits per heavy atom. The van der Waals surface area contributed by atoms with Crippen LogP contribution in [0.15, 0.2) is 30.3 Å². The van der Waals surface area contributed by atoms with Gasteiger partial charge in [0.05, 0.1) is 17.1 Å². The van der Waals surface area contributed by atoms with E-state index in [1.807, 2.05) is 0 Å². The van der Waals surface area contributed by atoms with Gasteiger partial charge in [-0.3, -0.25) is 0 Å². The van der Waals surface area contributed by atoms with E-state index in [0.717, 1.165) is 18.2 Å². The first-order valence-electron chi connectivity index (χ1n) is 6.84.